The molecule has 0 aliphatic carbocycles. The van der Waals surface area contributed by atoms with E-state index in [4.69, 9.17) is 0 Å². The molecule has 0 aliphatic heterocycles. The maximum Gasteiger partial charge on any atom is 0.243 e. The van der Waals surface area contributed by atoms with Gasteiger partial charge in [-0.2, -0.15) is 4.31 Å². The zero-order chi connectivity index (χ0) is 20.5. The van der Waals surface area contributed by atoms with E-state index in [9.17, 15) is 8.42 Å². The number of sulfonamides is 1. The summed E-state index contributed by atoms with van der Waals surface area (Å²) in [5.74, 6) is 0. The van der Waals surface area contributed by atoms with Gasteiger partial charge in [-0.1, -0.05) is 103 Å². The molecule has 3 aromatic carbocycles. The molecule has 0 bridgehead atoms. The molecular weight excluding hydrogens is 378 g/mol. The third kappa shape index (κ3) is 6.01. The highest BCUT2D eigenvalue weighted by Crippen LogP contribution is 2.17. The van der Waals surface area contributed by atoms with E-state index in [2.05, 4.69) is 0 Å². The molecule has 0 atom stereocenters. The molecule has 3 aromatic rings. The molecule has 3 rings (SSSR count). The summed E-state index contributed by atoms with van der Waals surface area (Å²) in [4.78, 5) is 0.310. The van der Waals surface area contributed by atoms with Gasteiger partial charge in [0.2, 0.25) is 10.0 Å². The summed E-state index contributed by atoms with van der Waals surface area (Å²) in [6.07, 6.45) is 7.66. The minimum Gasteiger partial charge on any atom is -0.207 e. The number of rotatable bonds is 8. The molecule has 29 heavy (non-hydrogen) atoms. The lowest BCUT2D eigenvalue weighted by molar-refractivity contribution is 0.474. The lowest BCUT2D eigenvalue weighted by Gasteiger charge is -2.19. The molecule has 3 nitrogen and oxygen atoms in total. The summed E-state index contributed by atoms with van der Waals surface area (Å²) in [5, 5.41) is 0. The number of nitrogens with zero attached hydrogens (tertiary/aromatic N) is 1. The van der Waals surface area contributed by atoms with Crippen molar-refractivity contribution in [3.63, 3.8) is 0 Å². The Morgan fingerprint density at radius 3 is 1.59 bits per heavy atom. The molecule has 0 spiro atoms. The highest BCUT2D eigenvalue weighted by molar-refractivity contribution is 7.89. The predicted octanol–water partition coefficient (Wildman–Crippen LogP) is 5.41. The topological polar surface area (TPSA) is 37.4 Å². The average Bonchev–Trinajstić information content (AvgIpc) is 2.74. The molecule has 0 heterocycles. The lowest BCUT2D eigenvalue weighted by Crippen LogP contribution is -2.31. The summed E-state index contributed by atoms with van der Waals surface area (Å²) in [6.45, 7) is 2.54. The van der Waals surface area contributed by atoms with Crippen LogP contribution >= 0.6 is 0 Å². The fourth-order valence-electron chi connectivity index (χ4n) is 2.87. The van der Waals surface area contributed by atoms with Gasteiger partial charge in [0.25, 0.3) is 0 Å². The summed E-state index contributed by atoms with van der Waals surface area (Å²) in [7, 11) is -3.60. The van der Waals surface area contributed by atoms with Crippen LogP contribution in [0.25, 0.3) is 12.2 Å². The van der Waals surface area contributed by atoms with Crippen molar-refractivity contribution < 1.29 is 8.42 Å². The smallest absolute Gasteiger partial charge is 0.207 e. The van der Waals surface area contributed by atoms with Gasteiger partial charge in [-0.15, -0.1) is 0 Å². The second-order valence-electron chi connectivity index (χ2n) is 6.76. The van der Waals surface area contributed by atoms with Crippen LogP contribution in [0.1, 0.15) is 16.7 Å². The van der Waals surface area contributed by atoms with Gasteiger partial charge in [0, 0.05) is 13.1 Å². The van der Waals surface area contributed by atoms with E-state index in [0.717, 1.165) is 16.7 Å². The van der Waals surface area contributed by atoms with Crippen LogP contribution in [0.5, 0.6) is 0 Å². The van der Waals surface area contributed by atoms with Crippen LogP contribution in [-0.2, 0) is 10.0 Å². The molecular formula is C25H25NO2S. The standard InChI is InChI=1S/C25H25NO2S/c1-22-16-18-25(19-17-22)29(27,28)26(20-8-14-23-10-4-2-5-11-23)21-9-15-24-12-6-3-7-13-24/h2-19H,20-21H2,1H3/b14-8+,15-9+. The Morgan fingerprint density at radius 2 is 1.14 bits per heavy atom. The van der Waals surface area contributed by atoms with Crippen LogP contribution in [-0.4, -0.2) is 25.8 Å². The van der Waals surface area contributed by atoms with Crippen molar-refractivity contribution in [2.24, 2.45) is 0 Å². The third-order valence-electron chi connectivity index (χ3n) is 4.50. The minimum atomic E-state index is -3.60. The Bertz CT molecular complexity index is 1000. The van der Waals surface area contributed by atoms with Crippen molar-refractivity contribution in [1.82, 2.24) is 4.31 Å². The first-order valence-corrected chi connectivity index (χ1v) is 11.0. The lowest BCUT2D eigenvalue weighted by atomic mass is 10.2. The number of aryl methyl sites for hydroxylation is 1. The van der Waals surface area contributed by atoms with E-state index in [1.54, 1.807) is 12.1 Å². The quantitative estimate of drug-likeness (QED) is 0.504. The normalized spacial score (nSPS) is 12.2. The van der Waals surface area contributed by atoms with Gasteiger partial charge >= 0.3 is 0 Å². The van der Waals surface area contributed by atoms with Crippen molar-refractivity contribution in [2.45, 2.75) is 11.8 Å². The molecule has 4 heteroatoms. The van der Waals surface area contributed by atoms with Crippen molar-refractivity contribution in [3.8, 4) is 0 Å². The van der Waals surface area contributed by atoms with Gasteiger partial charge in [0.1, 0.15) is 0 Å². The molecule has 0 aromatic heterocycles. The van der Waals surface area contributed by atoms with E-state index in [0.29, 0.717) is 18.0 Å². The zero-order valence-electron chi connectivity index (χ0n) is 16.5. The van der Waals surface area contributed by atoms with Crippen molar-refractivity contribution in [2.75, 3.05) is 13.1 Å². The van der Waals surface area contributed by atoms with Gasteiger partial charge in [0.05, 0.1) is 4.90 Å². The maximum absolute atomic E-state index is 13.2. The predicted molar refractivity (Wildman–Crippen MR) is 121 cm³/mol. The Labute approximate surface area is 173 Å². The fraction of sp³-hybridized carbons (Fsp3) is 0.120. The second kappa shape index (κ2) is 10.0. The molecule has 0 amide bonds. The summed E-state index contributed by atoms with van der Waals surface area (Å²) < 4.78 is 27.9. The molecule has 0 N–H and O–H groups in total. The molecule has 0 aliphatic rings. The van der Waals surface area contributed by atoms with Gasteiger partial charge in [-0.05, 0) is 30.2 Å². The monoisotopic (exact) mass is 403 g/mol. The third-order valence-corrected chi connectivity index (χ3v) is 6.34. The minimum absolute atomic E-state index is 0.296. The molecule has 0 saturated heterocycles. The molecule has 0 saturated carbocycles. The summed E-state index contributed by atoms with van der Waals surface area (Å²) >= 11 is 0. The Hall–Kier alpha value is -2.95. The largest absolute Gasteiger partial charge is 0.243 e. The first kappa shape index (κ1) is 20.8. The number of hydrogen-bond acceptors (Lipinski definition) is 2. The number of benzene rings is 3. The zero-order valence-corrected chi connectivity index (χ0v) is 17.3. The maximum atomic E-state index is 13.2. The Balaban J connectivity index is 1.80. The first-order valence-electron chi connectivity index (χ1n) is 9.56. The van der Waals surface area contributed by atoms with Crippen LogP contribution < -0.4 is 0 Å². The van der Waals surface area contributed by atoms with Gasteiger partial charge in [-0.3, -0.25) is 0 Å². The van der Waals surface area contributed by atoms with Crippen LogP contribution in [0.15, 0.2) is 102 Å². The van der Waals surface area contributed by atoms with Gasteiger partial charge in [0.15, 0.2) is 0 Å². The van der Waals surface area contributed by atoms with Crippen molar-refractivity contribution >= 4 is 22.2 Å². The number of hydrogen-bond donors (Lipinski definition) is 0. The van der Waals surface area contributed by atoms with E-state index >= 15 is 0 Å². The van der Waals surface area contributed by atoms with Crippen molar-refractivity contribution in [1.29, 1.82) is 0 Å². The van der Waals surface area contributed by atoms with Crippen molar-refractivity contribution in [3.05, 3.63) is 114 Å². The van der Waals surface area contributed by atoms with E-state index in [1.165, 1.54) is 4.31 Å². The first-order chi connectivity index (χ1) is 14.1. The van der Waals surface area contributed by atoms with E-state index in [-0.39, 0.29) is 0 Å². The van der Waals surface area contributed by atoms with Gasteiger partial charge in [-0.25, -0.2) is 8.42 Å². The van der Waals surface area contributed by atoms with Crippen LogP contribution in [0.4, 0.5) is 0 Å². The van der Waals surface area contributed by atoms with Gasteiger partial charge < -0.3 is 0 Å². The summed E-state index contributed by atoms with van der Waals surface area (Å²) in [6, 6.07) is 26.7. The summed E-state index contributed by atoms with van der Waals surface area (Å²) in [5.41, 5.74) is 3.11. The van der Waals surface area contributed by atoms with Crippen LogP contribution in [0.3, 0.4) is 0 Å². The highest BCUT2D eigenvalue weighted by atomic mass is 32.2. The molecule has 0 unspecified atom stereocenters. The van der Waals surface area contributed by atoms with Crippen LogP contribution in [0.2, 0.25) is 0 Å². The molecule has 0 radical (unpaired) electrons. The Morgan fingerprint density at radius 1 is 0.690 bits per heavy atom. The SMILES string of the molecule is Cc1ccc(S(=O)(=O)N(C/C=C/c2ccccc2)C/C=C/c2ccccc2)cc1. The second-order valence-corrected chi connectivity index (χ2v) is 8.70. The van der Waals surface area contributed by atoms with E-state index < -0.39 is 10.0 Å². The average molecular weight is 404 g/mol. The van der Waals surface area contributed by atoms with Crippen LogP contribution in [0, 0.1) is 6.92 Å². The fourth-order valence-corrected chi connectivity index (χ4v) is 4.21. The Kier molecular flexibility index (Phi) is 7.17. The molecule has 148 valence electrons. The molecule has 0 fully saturated rings. The van der Waals surface area contributed by atoms with E-state index in [1.807, 2.05) is 104 Å². The highest BCUT2D eigenvalue weighted by Gasteiger charge is 2.22.